The largest absolute Gasteiger partial charge is 0.393 e. The molecule has 1 aliphatic heterocycles. The number of rotatable bonds is 5. The molecule has 25 heavy (non-hydrogen) atoms. The molecular weight excluding hydrogens is 312 g/mol. The molecule has 5 unspecified atom stereocenters. The maximum absolute atomic E-state index is 12.9. The van der Waals surface area contributed by atoms with Crippen molar-refractivity contribution in [2.75, 3.05) is 6.54 Å². The van der Waals surface area contributed by atoms with Gasteiger partial charge in [0.25, 0.3) is 0 Å². The molecule has 0 bridgehead atoms. The van der Waals surface area contributed by atoms with E-state index in [0.29, 0.717) is 31.0 Å². The third-order valence-corrected chi connectivity index (χ3v) is 5.98. The molecule has 1 saturated carbocycles. The Morgan fingerprint density at radius 2 is 2.00 bits per heavy atom. The van der Waals surface area contributed by atoms with Gasteiger partial charge >= 0.3 is 6.03 Å². The van der Waals surface area contributed by atoms with Crippen LogP contribution in [0.5, 0.6) is 0 Å². The van der Waals surface area contributed by atoms with Crippen molar-refractivity contribution < 1.29 is 9.90 Å². The van der Waals surface area contributed by atoms with Crippen molar-refractivity contribution in [3.63, 3.8) is 0 Å². The molecule has 0 spiro atoms. The molecule has 1 aliphatic carbocycles. The normalized spacial score (nSPS) is 28.3. The number of benzene rings is 1. The lowest BCUT2D eigenvalue weighted by Crippen LogP contribution is -2.48. The van der Waals surface area contributed by atoms with Crippen LogP contribution in [-0.4, -0.2) is 40.8 Å². The first-order valence-electron chi connectivity index (χ1n) is 9.85. The second kappa shape index (κ2) is 8.22. The number of carbonyl (C=O) groups is 1. The number of hydrogen-bond donors (Lipinski definition) is 2. The fourth-order valence-electron chi connectivity index (χ4n) is 4.83. The molecule has 2 N–H and O–H groups in total. The number of aliphatic hydroxyl groups excluding tert-OH is 1. The van der Waals surface area contributed by atoms with E-state index in [1.54, 1.807) is 0 Å². The first-order chi connectivity index (χ1) is 12.1. The number of hydrogen-bond acceptors (Lipinski definition) is 2. The van der Waals surface area contributed by atoms with Crippen LogP contribution in [0.3, 0.4) is 0 Å². The van der Waals surface area contributed by atoms with Crippen molar-refractivity contribution in [2.45, 2.75) is 76.5 Å². The molecule has 2 amide bonds. The highest BCUT2D eigenvalue weighted by Crippen LogP contribution is 2.39. The SMILES string of the molecule is CC(O)CC(CNC(=O)N1C(C)CC2CCCCC21)c1ccccc1. The van der Waals surface area contributed by atoms with E-state index in [9.17, 15) is 9.90 Å². The zero-order valence-electron chi connectivity index (χ0n) is 15.5. The van der Waals surface area contributed by atoms with E-state index < -0.39 is 0 Å². The number of fused-ring (bicyclic) bond motifs is 1. The van der Waals surface area contributed by atoms with Gasteiger partial charge in [0.2, 0.25) is 0 Å². The van der Waals surface area contributed by atoms with Crippen molar-refractivity contribution in [1.29, 1.82) is 0 Å². The number of likely N-dealkylation sites (tertiary alicyclic amines) is 1. The van der Waals surface area contributed by atoms with Gasteiger partial charge in [-0.3, -0.25) is 0 Å². The maximum Gasteiger partial charge on any atom is 0.317 e. The first-order valence-corrected chi connectivity index (χ1v) is 9.85. The third kappa shape index (κ3) is 4.35. The summed E-state index contributed by atoms with van der Waals surface area (Å²) in [7, 11) is 0. The van der Waals surface area contributed by atoms with E-state index in [1.165, 1.54) is 24.8 Å². The van der Waals surface area contributed by atoms with Gasteiger partial charge in [-0.15, -0.1) is 0 Å². The van der Waals surface area contributed by atoms with Crippen LogP contribution in [0.1, 0.15) is 63.9 Å². The number of aliphatic hydroxyl groups is 1. The molecule has 1 aromatic carbocycles. The number of urea groups is 1. The lowest BCUT2D eigenvalue weighted by atomic mass is 9.85. The summed E-state index contributed by atoms with van der Waals surface area (Å²) >= 11 is 0. The summed E-state index contributed by atoms with van der Waals surface area (Å²) in [6.45, 7) is 4.57. The van der Waals surface area contributed by atoms with Crippen LogP contribution in [0.2, 0.25) is 0 Å². The molecule has 0 aromatic heterocycles. The molecule has 1 heterocycles. The Morgan fingerprint density at radius 3 is 2.72 bits per heavy atom. The van der Waals surface area contributed by atoms with E-state index in [-0.39, 0.29) is 18.1 Å². The molecule has 4 nitrogen and oxygen atoms in total. The minimum absolute atomic E-state index is 0.0772. The Morgan fingerprint density at radius 1 is 1.28 bits per heavy atom. The molecular formula is C21H32N2O2. The van der Waals surface area contributed by atoms with Gasteiger partial charge in [0.05, 0.1) is 6.10 Å². The molecule has 0 radical (unpaired) electrons. The third-order valence-electron chi connectivity index (χ3n) is 5.98. The summed E-state index contributed by atoms with van der Waals surface area (Å²) in [4.78, 5) is 15.0. The summed E-state index contributed by atoms with van der Waals surface area (Å²) in [5.74, 6) is 0.835. The van der Waals surface area contributed by atoms with Gasteiger partial charge < -0.3 is 15.3 Å². The Bertz CT molecular complexity index is 560. The van der Waals surface area contributed by atoms with Gasteiger partial charge in [0.1, 0.15) is 0 Å². The Kier molecular flexibility index (Phi) is 6.00. The molecule has 1 aromatic rings. The van der Waals surface area contributed by atoms with Crippen LogP contribution in [-0.2, 0) is 0 Å². The second-order valence-electron chi connectivity index (χ2n) is 7.98. The smallest absolute Gasteiger partial charge is 0.317 e. The molecule has 2 fully saturated rings. The monoisotopic (exact) mass is 344 g/mol. The summed E-state index contributed by atoms with van der Waals surface area (Å²) in [5, 5.41) is 13.0. The predicted molar refractivity (Wildman–Crippen MR) is 101 cm³/mol. The van der Waals surface area contributed by atoms with Gasteiger partial charge in [-0.1, -0.05) is 43.2 Å². The average Bonchev–Trinajstić information content (AvgIpc) is 2.94. The highest BCUT2D eigenvalue weighted by molar-refractivity contribution is 5.75. The van der Waals surface area contributed by atoms with Crippen molar-refractivity contribution in [3.8, 4) is 0 Å². The van der Waals surface area contributed by atoms with Gasteiger partial charge in [-0.25, -0.2) is 4.79 Å². The van der Waals surface area contributed by atoms with Crippen LogP contribution in [0, 0.1) is 5.92 Å². The Hall–Kier alpha value is -1.55. The van der Waals surface area contributed by atoms with Crippen LogP contribution >= 0.6 is 0 Å². The molecule has 1 saturated heterocycles. The van der Waals surface area contributed by atoms with E-state index in [4.69, 9.17) is 0 Å². The van der Waals surface area contributed by atoms with Crippen LogP contribution in [0.25, 0.3) is 0 Å². The summed E-state index contributed by atoms with van der Waals surface area (Å²) in [6.07, 6.45) is 6.40. The number of nitrogens with zero attached hydrogens (tertiary/aromatic N) is 1. The van der Waals surface area contributed by atoms with Gasteiger partial charge in [-0.2, -0.15) is 0 Å². The summed E-state index contributed by atoms with van der Waals surface area (Å²) in [6, 6.07) is 11.0. The number of nitrogens with one attached hydrogen (secondary N) is 1. The van der Waals surface area contributed by atoms with Gasteiger partial charge in [0.15, 0.2) is 0 Å². The van der Waals surface area contributed by atoms with E-state index in [2.05, 4.69) is 29.3 Å². The predicted octanol–water partition coefficient (Wildman–Crippen LogP) is 3.90. The summed E-state index contributed by atoms with van der Waals surface area (Å²) in [5.41, 5.74) is 1.17. The zero-order chi connectivity index (χ0) is 17.8. The Labute approximate surface area is 151 Å². The van der Waals surface area contributed by atoms with E-state index in [0.717, 1.165) is 12.8 Å². The first kappa shape index (κ1) is 18.2. The maximum atomic E-state index is 12.9. The highest BCUT2D eigenvalue weighted by atomic mass is 16.3. The number of amides is 2. The van der Waals surface area contributed by atoms with Crippen LogP contribution in [0.15, 0.2) is 30.3 Å². The molecule has 4 heteroatoms. The van der Waals surface area contributed by atoms with Crippen LogP contribution < -0.4 is 5.32 Å². The van der Waals surface area contributed by atoms with E-state index >= 15 is 0 Å². The van der Waals surface area contributed by atoms with Crippen molar-refractivity contribution in [1.82, 2.24) is 10.2 Å². The minimum Gasteiger partial charge on any atom is -0.393 e. The van der Waals surface area contributed by atoms with Crippen molar-refractivity contribution >= 4 is 6.03 Å². The van der Waals surface area contributed by atoms with Gasteiger partial charge in [-0.05, 0) is 51.0 Å². The molecule has 3 rings (SSSR count). The average molecular weight is 344 g/mol. The van der Waals surface area contributed by atoms with Gasteiger partial charge in [0, 0.05) is 24.5 Å². The lowest BCUT2D eigenvalue weighted by Gasteiger charge is -2.33. The fourth-order valence-corrected chi connectivity index (χ4v) is 4.83. The topological polar surface area (TPSA) is 52.6 Å². The molecule has 2 aliphatic rings. The lowest BCUT2D eigenvalue weighted by molar-refractivity contribution is 0.151. The molecule has 5 atom stereocenters. The van der Waals surface area contributed by atoms with E-state index in [1.807, 2.05) is 25.1 Å². The fraction of sp³-hybridized carbons (Fsp3) is 0.667. The van der Waals surface area contributed by atoms with Crippen LogP contribution in [0.4, 0.5) is 4.79 Å². The highest BCUT2D eigenvalue weighted by Gasteiger charge is 2.42. The zero-order valence-corrected chi connectivity index (χ0v) is 15.5. The molecule has 138 valence electrons. The standard InChI is InChI=1S/C21H32N2O2/c1-15-12-18-10-6-7-11-20(18)23(15)21(25)22-14-19(13-16(2)24)17-8-4-3-5-9-17/h3-5,8-9,15-16,18-20,24H,6-7,10-14H2,1-2H3,(H,22,25). The van der Waals surface area contributed by atoms with Crippen molar-refractivity contribution in [2.24, 2.45) is 5.92 Å². The second-order valence-corrected chi connectivity index (χ2v) is 7.98. The minimum atomic E-state index is -0.379. The number of carbonyl (C=O) groups excluding carboxylic acids is 1. The van der Waals surface area contributed by atoms with Crippen molar-refractivity contribution in [3.05, 3.63) is 35.9 Å². The Balaban J connectivity index is 1.63. The summed E-state index contributed by atoms with van der Waals surface area (Å²) < 4.78 is 0. The quantitative estimate of drug-likeness (QED) is 0.851.